The second-order valence-corrected chi connectivity index (χ2v) is 6.24. The van der Waals surface area contributed by atoms with Gasteiger partial charge in [-0.2, -0.15) is 8.42 Å². The second-order valence-electron chi connectivity index (χ2n) is 3.95. The first-order valence-corrected chi connectivity index (χ1v) is 8.11. The van der Waals surface area contributed by atoms with Gasteiger partial charge in [-0.1, -0.05) is 19.1 Å². The minimum absolute atomic E-state index is 0.111. The summed E-state index contributed by atoms with van der Waals surface area (Å²) in [6.45, 7) is 1.75. The average molecular weight is 298 g/mol. The minimum Gasteiger partial charge on any atom is -0.392 e. The number of aliphatic hydroxyl groups excluding tert-OH is 1. The Labute approximate surface area is 116 Å². The van der Waals surface area contributed by atoms with E-state index in [-0.39, 0.29) is 17.3 Å². The summed E-state index contributed by atoms with van der Waals surface area (Å²) in [6.07, 6.45) is 0.848. The lowest BCUT2D eigenvalue weighted by atomic mass is 10.2. The zero-order chi connectivity index (χ0) is 13.9. The standard InChI is InChI=1S/C13H14O4S2/c1-2-10-3-5-12(6-4-10)19(15,16)17-13-9-18-8-11(13)7-14/h3-6,8-9,14H,2,7H2,1H3. The summed E-state index contributed by atoms with van der Waals surface area (Å²) in [4.78, 5) is 0.111. The van der Waals surface area contributed by atoms with Crippen LogP contribution in [0.15, 0.2) is 39.9 Å². The molecule has 0 saturated heterocycles. The van der Waals surface area contributed by atoms with Crippen molar-refractivity contribution in [3.05, 3.63) is 46.2 Å². The van der Waals surface area contributed by atoms with Gasteiger partial charge < -0.3 is 9.29 Å². The molecule has 0 saturated carbocycles. The predicted octanol–water partition coefficient (Wildman–Crippen LogP) is 2.57. The first kappa shape index (κ1) is 14.0. The molecule has 1 heterocycles. The molecule has 0 fully saturated rings. The molecule has 2 rings (SSSR count). The number of aryl methyl sites for hydroxylation is 1. The van der Waals surface area contributed by atoms with E-state index in [1.54, 1.807) is 22.9 Å². The fourth-order valence-electron chi connectivity index (χ4n) is 1.56. The Morgan fingerprint density at radius 1 is 1.21 bits per heavy atom. The van der Waals surface area contributed by atoms with Crippen molar-refractivity contribution in [2.45, 2.75) is 24.8 Å². The smallest absolute Gasteiger partial charge is 0.339 e. The topological polar surface area (TPSA) is 63.6 Å². The normalized spacial score (nSPS) is 11.5. The van der Waals surface area contributed by atoms with Crippen molar-refractivity contribution < 1.29 is 17.7 Å². The maximum Gasteiger partial charge on any atom is 0.339 e. The van der Waals surface area contributed by atoms with Crippen LogP contribution in [0.25, 0.3) is 0 Å². The number of benzene rings is 1. The van der Waals surface area contributed by atoms with E-state index in [0.29, 0.717) is 5.56 Å². The molecule has 2 aromatic rings. The van der Waals surface area contributed by atoms with E-state index in [4.69, 9.17) is 9.29 Å². The molecular weight excluding hydrogens is 284 g/mol. The van der Waals surface area contributed by atoms with Gasteiger partial charge in [0.2, 0.25) is 0 Å². The van der Waals surface area contributed by atoms with Gasteiger partial charge in [0.25, 0.3) is 0 Å². The van der Waals surface area contributed by atoms with Crippen molar-refractivity contribution in [2.75, 3.05) is 0 Å². The van der Waals surface area contributed by atoms with Crippen LogP contribution in [-0.2, 0) is 23.1 Å². The molecule has 4 nitrogen and oxygen atoms in total. The van der Waals surface area contributed by atoms with Crippen LogP contribution >= 0.6 is 11.3 Å². The zero-order valence-electron chi connectivity index (χ0n) is 10.4. The van der Waals surface area contributed by atoms with Crippen molar-refractivity contribution in [3.63, 3.8) is 0 Å². The van der Waals surface area contributed by atoms with Gasteiger partial charge in [-0.15, -0.1) is 11.3 Å². The van der Waals surface area contributed by atoms with Crippen molar-refractivity contribution in [2.24, 2.45) is 0 Å². The van der Waals surface area contributed by atoms with Crippen LogP contribution in [0.4, 0.5) is 0 Å². The monoisotopic (exact) mass is 298 g/mol. The maximum absolute atomic E-state index is 12.1. The third kappa shape index (κ3) is 3.15. The quantitative estimate of drug-likeness (QED) is 0.862. The van der Waals surface area contributed by atoms with Crippen LogP contribution in [0.1, 0.15) is 18.1 Å². The van der Waals surface area contributed by atoms with Gasteiger partial charge in [0, 0.05) is 16.3 Å². The lowest BCUT2D eigenvalue weighted by Gasteiger charge is -2.07. The largest absolute Gasteiger partial charge is 0.392 e. The maximum atomic E-state index is 12.1. The molecule has 0 aliphatic heterocycles. The highest BCUT2D eigenvalue weighted by molar-refractivity contribution is 7.87. The van der Waals surface area contributed by atoms with Crippen LogP contribution in [0.3, 0.4) is 0 Å². The summed E-state index contributed by atoms with van der Waals surface area (Å²) in [5, 5.41) is 12.3. The fourth-order valence-corrected chi connectivity index (χ4v) is 3.32. The van der Waals surface area contributed by atoms with E-state index in [2.05, 4.69) is 0 Å². The van der Waals surface area contributed by atoms with E-state index in [1.807, 2.05) is 6.92 Å². The summed E-state index contributed by atoms with van der Waals surface area (Å²) in [6, 6.07) is 6.58. The lowest BCUT2D eigenvalue weighted by molar-refractivity contribution is 0.279. The van der Waals surface area contributed by atoms with Gasteiger partial charge in [-0.05, 0) is 24.1 Å². The molecule has 0 bridgehead atoms. The number of rotatable bonds is 5. The molecule has 1 aromatic heterocycles. The van der Waals surface area contributed by atoms with Crippen molar-refractivity contribution in [1.82, 2.24) is 0 Å². The number of hydrogen-bond acceptors (Lipinski definition) is 5. The van der Waals surface area contributed by atoms with E-state index in [9.17, 15) is 8.42 Å². The molecule has 0 amide bonds. The van der Waals surface area contributed by atoms with Crippen molar-refractivity contribution >= 4 is 21.5 Å². The molecule has 0 atom stereocenters. The molecule has 1 aromatic carbocycles. The molecule has 6 heteroatoms. The summed E-state index contributed by atoms with van der Waals surface area (Å²) in [5.74, 6) is 0.187. The van der Waals surface area contributed by atoms with Gasteiger partial charge in [0.15, 0.2) is 5.75 Å². The SMILES string of the molecule is CCc1ccc(S(=O)(=O)Oc2cscc2CO)cc1. The fraction of sp³-hybridized carbons (Fsp3) is 0.231. The highest BCUT2D eigenvalue weighted by atomic mass is 32.2. The van der Waals surface area contributed by atoms with Crippen LogP contribution in [0, 0.1) is 0 Å². The van der Waals surface area contributed by atoms with Gasteiger partial charge in [-0.25, -0.2) is 0 Å². The molecule has 0 radical (unpaired) electrons. The van der Waals surface area contributed by atoms with Gasteiger partial charge in [-0.3, -0.25) is 0 Å². The van der Waals surface area contributed by atoms with Crippen LogP contribution < -0.4 is 4.18 Å². The third-order valence-corrected chi connectivity index (χ3v) is 4.71. The molecule has 1 N–H and O–H groups in total. The van der Waals surface area contributed by atoms with E-state index in [1.165, 1.54) is 23.5 Å². The Hall–Kier alpha value is -1.37. The number of aliphatic hydroxyl groups is 1. The average Bonchev–Trinajstić information content (AvgIpc) is 2.85. The Kier molecular flexibility index (Phi) is 4.24. The molecular formula is C13H14O4S2. The molecule has 102 valence electrons. The summed E-state index contributed by atoms with van der Waals surface area (Å²) in [5.41, 5.74) is 1.53. The highest BCUT2D eigenvalue weighted by Gasteiger charge is 2.18. The van der Waals surface area contributed by atoms with Crippen LogP contribution in [0.5, 0.6) is 5.75 Å². The highest BCUT2D eigenvalue weighted by Crippen LogP contribution is 2.27. The Balaban J connectivity index is 2.27. The minimum atomic E-state index is -3.85. The van der Waals surface area contributed by atoms with E-state index >= 15 is 0 Å². The van der Waals surface area contributed by atoms with Crippen LogP contribution in [-0.4, -0.2) is 13.5 Å². The Morgan fingerprint density at radius 2 is 1.89 bits per heavy atom. The molecule has 0 spiro atoms. The third-order valence-electron chi connectivity index (χ3n) is 2.69. The first-order chi connectivity index (χ1) is 9.06. The Bertz CT molecular complexity index is 642. The molecule has 0 unspecified atom stereocenters. The zero-order valence-corrected chi connectivity index (χ0v) is 12.0. The van der Waals surface area contributed by atoms with Crippen molar-refractivity contribution in [1.29, 1.82) is 0 Å². The molecule has 0 aliphatic carbocycles. The molecule has 19 heavy (non-hydrogen) atoms. The summed E-state index contributed by atoms with van der Waals surface area (Å²) in [7, 11) is -3.85. The van der Waals surface area contributed by atoms with Gasteiger partial charge in [0.05, 0.1) is 6.61 Å². The lowest BCUT2D eigenvalue weighted by Crippen LogP contribution is -2.10. The second kappa shape index (κ2) is 5.73. The Morgan fingerprint density at radius 3 is 2.47 bits per heavy atom. The summed E-state index contributed by atoms with van der Waals surface area (Å²) < 4.78 is 29.2. The van der Waals surface area contributed by atoms with E-state index < -0.39 is 10.1 Å². The van der Waals surface area contributed by atoms with Crippen molar-refractivity contribution in [3.8, 4) is 5.75 Å². The molecule has 0 aliphatic rings. The first-order valence-electron chi connectivity index (χ1n) is 5.76. The summed E-state index contributed by atoms with van der Waals surface area (Å²) >= 11 is 1.28. The number of hydrogen-bond donors (Lipinski definition) is 1. The predicted molar refractivity (Wildman–Crippen MR) is 73.9 cm³/mol. The van der Waals surface area contributed by atoms with Crippen LogP contribution in [0.2, 0.25) is 0 Å². The number of thiophene rings is 1. The van der Waals surface area contributed by atoms with E-state index in [0.717, 1.165) is 12.0 Å². The van der Waals surface area contributed by atoms with Gasteiger partial charge >= 0.3 is 10.1 Å². The van der Waals surface area contributed by atoms with Gasteiger partial charge in [0.1, 0.15) is 4.90 Å².